The highest BCUT2D eigenvalue weighted by Crippen LogP contribution is 2.40. The Balaban J connectivity index is 1.28. The zero-order chi connectivity index (χ0) is 18.1. The van der Waals surface area contributed by atoms with Gasteiger partial charge in [-0.3, -0.25) is 0 Å². The van der Waals surface area contributed by atoms with Crippen molar-refractivity contribution >= 4 is 0 Å². The number of ether oxygens (including phenoxy) is 1. The van der Waals surface area contributed by atoms with Crippen molar-refractivity contribution < 1.29 is 14.2 Å². The quantitative estimate of drug-likeness (QED) is 0.828. The summed E-state index contributed by atoms with van der Waals surface area (Å²) in [6, 6.07) is 10.5. The van der Waals surface area contributed by atoms with Crippen molar-refractivity contribution in [2.75, 3.05) is 19.6 Å². The molecular weight excluding hydrogens is 331 g/mol. The van der Waals surface area contributed by atoms with Crippen molar-refractivity contribution in [3.63, 3.8) is 0 Å². The van der Waals surface area contributed by atoms with Gasteiger partial charge in [-0.2, -0.15) is 4.39 Å². The Bertz CT molecular complexity index is 721. The van der Waals surface area contributed by atoms with Crippen LogP contribution in [-0.2, 0) is 0 Å². The van der Waals surface area contributed by atoms with Crippen LogP contribution in [-0.4, -0.2) is 40.7 Å². The summed E-state index contributed by atoms with van der Waals surface area (Å²) in [5, 5.41) is 9.43. The number of hydrogen-bond donors (Lipinski definition) is 1. The molecule has 4 rings (SSSR count). The van der Waals surface area contributed by atoms with Crippen molar-refractivity contribution in [3.8, 4) is 11.5 Å². The van der Waals surface area contributed by atoms with Crippen LogP contribution >= 0.6 is 0 Å². The van der Waals surface area contributed by atoms with Gasteiger partial charge in [-0.15, -0.1) is 0 Å². The number of fused-ring (bicyclic) bond motifs is 1. The molecule has 1 saturated carbocycles. The maximum Gasteiger partial charge on any atom is 0.213 e. The second-order valence-electron chi connectivity index (χ2n) is 7.76. The molecule has 1 saturated heterocycles. The molecule has 4 atom stereocenters. The summed E-state index contributed by atoms with van der Waals surface area (Å²) >= 11 is 0. The van der Waals surface area contributed by atoms with E-state index in [4.69, 9.17) is 4.74 Å². The average molecular weight is 356 g/mol. The van der Waals surface area contributed by atoms with E-state index in [9.17, 15) is 9.50 Å². The summed E-state index contributed by atoms with van der Waals surface area (Å²) in [4.78, 5) is 6.21. The molecule has 0 spiro atoms. The highest BCUT2D eigenvalue weighted by atomic mass is 19.1. The van der Waals surface area contributed by atoms with Gasteiger partial charge < -0.3 is 14.7 Å². The van der Waals surface area contributed by atoms with E-state index in [1.54, 1.807) is 18.2 Å². The lowest BCUT2D eigenvalue weighted by molar-refractivity contribution is 0.183. The lowest BCUT2D eigenvalue weighted by Gasteiger charge is -2.23. The highest BCUT2D eigenvalue weighted by molar-refractivity contribution is 5.28. The van der Waals surface area contributed by atoms with Crippen LogP contribution in [0.2, 0.25) is 0 Å². The first-order chi connectivity index (χ1) is 12.6. The monoisotopic (exact) mass is 356 g/mol. The molecule has 2 aromatic rings. The fraction of sp³-hybridized carbons (Fsp3) is 0.476. The van der Waals surface area contributed by atoms with Crippen molar-refractivity contribution in [3.05, 3.63) is 54.1 Å². The van der Waals surface area contributed by atoms with Crippen molar-refractivity contribution in [1.29, 1.82) is 0 Å². The first kappa shape index (κ1) is 17.3. The lowest BCUT2D eigenvalue weighted by Crippen LogP contribution is -2.28. The topological polar surface area (TPSA) is 45.6 Å². The number of aromatic nitrogens is 1. The van der Waals surface area contributed by atoms with Crippen LogP contribution in [0, 0.1) is 17.8 Å². The Labute approximate surface area is 153 Å². The minimum atomic E-state index is -0.473. The van der Waals surface area contributed by atoms with E-state index in [2.05, 4.69) is 16.8 Å². The average Bonchev–Trinajstić information content (AvgIpc) is 3.15. The van der Waals surface area contributed by atoms with Gasteiger partial charge in [-0.25, -0.2) is 4.98 Å². The molecule has 2 unspecified atom stereocenters. The molecule has 5 heteroatoms. The van der Waals surface area contributed by atoms with Gasteiger partial charge in [0.15, 0.2) is 0 Å². The molecule has 1 aromatic carbocycles. The van der Waals surface area contributed by atoms with Crippen LogP contribution in [0.25, 0.3) is 0 Å². The van der Waals surface area contributed by atoms with Gasteiger partial charge in [0.25, 0.3) is 0 Å². The smallest absolute Gasteiger partial charge is 0.213 e. The van der Waals surface area contributed by atoms with Crippen LogP contribution in [0.15, 0.2) is 42.6 Å². The van der Waals surface area contributed by atoms with E-state index in [1.807, 2.05) is 12.1 Å². The molecule has 138 valence electrons. The van der Waals surface area contributed by atoms with E-state index in [0.717, 1.165) is 32.5 Å². The highest BCUT2D eigenvalue weighted by Gasteiger charge is 2.42. The van der Waals surface area contributed by atoms with Gasteiger partial charge >= 0.3 is 0 Å². The third kappa shape index (κ3) is 3.83. The second-order valence-corrected chi connectivity index (χ2v) is 7.76. The molecule has 1 aliphatic carbocycles. The molecule has 1 aromatic heterocycles. The van der Waals surface area contributed by atoms with Gasteiger partial charge in [0.05, 0.1) is 12.3 Å². The summed E-state index contributed by atoms with van der Waals surface area (Å²) in [6.07, 6.45) is 3.81. The third-order valence-corrected chi connectivity index (χ3v) is 5.78. The number of phenols is 1. The SMILES string of the molecule is CC(CN1C[C@H]2CC(Oc3ccc(F)nc3)C[C@H]2C1)c1ccc(O)cc1. The molecule has 2 aliphatic rings. The standard InChI is InChI=1S/C21H25FN2O2/c1-14(15-2-4-18(25)5-3-15)11-24-12-16-8-20(9-17(16)13-24)26-19-6-7-21(22)23-10-19/h2-7,10,14,16-17,20,25H,8-9,11-13H2,1H3/t14?,16-,17+,20?. The second kappa shape index (κ2) is 7.23. The van der Waals surface area contributed by atoms with Crippen LogP contribution < -0.4 is 4.74 Å². The van der Waals surface area contributed by atoms with E-state index in [0.29, 0.717) is 29.3 Å². The summed E-state index contributed by atoms with van der Waals surface area (Å²) in [5.41, 5.74) is 1.27. The largest absolute Gasteiger partial charge is 0.508 e. The Morgan fingerprint density at radius 3 is 2.46 bits per heavy atom. The van der Waals surface area contributed by atoms with Gasteiger partial charge in [0.1, 0.15) is 11.5 Å². The third-order valence-electron chi connectivity index (χ3n) is 5.78. The predicted octanol–water partition coefficient (Wildman–Crippen LogP) is 3.82. The maximum atomic E-state index is 12.9. The summed E-state index contributed by atoms with van der Waals surface area (Å²) in [6.45, 7) is 5.53. The van der Waals surface area contributed by atoms with Gasteiger partial charge in [-0.1, -0.05) is 19.1 Å². The number of rotatable bonds is 5. The van der Waals surface area contributed by atoms with Crippen LogP contribution in [0.3, 0.4) is 0 Å². The number of phenolic OH excluding ortho intramolecular Hbond substituents is 1. The molecule has 0 radical (unpaired) electrons. The van der Waals surface area contributed by atoms with Gasteiger partial charge in [0, 0.05) is 19.6 Å². The van der Waals surface area contributed by atoms with Gasteiger partial charge in [-0.05, 0) is 60.4 Å². The number of benzene rings is 1. The van der Waals surface area contributed by atoms with Crippen molar-refractivity contribution in [2.45, 2.75) is 31.8 Å². The van der Waals surface area contributed by atoms with Crippen LogP contribution in [0.5, 0.6) is 11.5 Å². The van der Waals surface area contributed by atoms with Crippen molar-refractivity contribution in [2.24, 2.45) is 11.8 Å². The van der Waals surface area contributed by atoms with Crippen molar-refractivity contribution in [1.82, 2.24) is 9.88 Å². The predicted molar refractivity (Wildman–Crippen MR) is 97.8 cm³/mol. The number of pyridine rings is 1. The van der Waals surface area contributed by atoms with Crippen LogP contribution in [0.4, 0.5) is 4.39 Å². The van der Waals surface area contributed by atoms with E-state index < -0.39 is 5.95 Å². The molecule has 0 bridgehead atoms. The zero-order valence-corrected chi connectivity index (χ0v) is 15.0. The lowest BCUT2D eigenvalue weighted by atomic mass is 10.0. The number of nitrogens with zero attached hydrogens (tertiary/aromatic N) is 2. The Kier molecular flexibility index (Phi) is 4.81. The van der Waals surface area contributed by atoms with E-state index in [-0.39, 0.29) is 6.10 Å². The summed E-state index contributed by atoms with van der Waals surface area (Å²) in [5.74, 6) is 2.32. The van der Waals surface area contributed by atoms with E-state index in [1.165, 1.54) is 17.8 Å². The molecule has 26 heavy (non-hydrogen) atoms. The zero-order valence-electron chi connectivity index (χ0n) is 15.0. The normalized spacial score (nSPS) is 26.6. The number of likely N-dealkylation sites (tertiary alicyclic amines) is 1. The summed E-state index contributed by atoms with van der Waals surface area (Å²) < 4.78 is 18.9. The fourth-order valence-corrected chi connectivity index (χ4v) is 4.51. The molecule has 1 aliphatic heterocycles. The maximum absolute atomic E-state index is 12.9. The molecule has 2 fully saturated rings. The Morgan fingerprint density at radius 2 is 1.85 bits per heavy atom. The Morgan fingerprint density at radius 1 is 1.15 bits per heavy atom. The first-order valence-electron chi connectivity index (χ1n) is 9.36. The number of halogens is 1. The summed E-state index contributed by atoms with van der Waals surface area (Å²) in [7, 11) is 0. The number of aromatic hydroxyl groups is 1. The molecule has 4 nitrogen and oxygen atoms in total. The van der Waals surface area contributed by atoms with Gasteiger partial charge in [0.2, 0.25) is 5.95 Å². The van der Waals surface area contributed by atoms with E-state index >= 15 is 0 Å². The fourth-order valence-electron chi connectivity index (χ4n) is 4.51. The first-order valence-corrected chi connectivity index (χ1v) is 9.36. The molecule has 1 N–H and O–H groups in total. The molecular formula is C21H25FN2O2. The minimum Gasteiger partial charge on any atom is -0.508 e. The number of hydrogen-bond acceptors (Lipinski definition) is 4. The molecule has 2 heterocycles. The minimum absolute atomic E-state index is 0.217. The van der Waals surface area contributed by atoms with Crippen LogP contribution in [0.1, 0.15) is 31.2 Å². The Hall–Kier alpha value is -2.14. The molecule has 0 amide bonds.